The molecule has 6 nitrogen and oxygen atoms in total. The average Bonchev–Trinajstić information content (AvgIpc) is 3.03. The molecular weight excluding hydrogens is 304 g/mol. The Balaban J connectivity index is 1.79. The second-order valence-corrected chi connectivity index (χ2v) is 5.62. The molecule has 1 aromatic heterocycles. The van der Waals surface area contributed by atoms with Crippen molar-refractivity contribution >= 4 is 5.78 Å². The Kier molecular flexibility index (Phi) is 4.37. The number of aromatic nitrogens is 4. The van der Waals surface area contributed by atoms with Gasteiger partial charge in [0, 0.05) is 11.1 Å². The zero-order chi connectivity index (χ0) is 17.1. The van der Waals surface area contributed by atoms with Crippen LogP contribution in [0.5, 0.6) is 5.75 Å². The Morgan fingerprint density at radius 1 is 1.17 bits per heavy atom. The van der Waals surface area contributed by atoms with Gasteiger partial charge in [-0.05, 0) is 36.8 Å². The summed E-state index contributed by atoms with van der Waals surface area (Å²) >= 11 is 0. The van der Waals surface area contributed by atoms with Crippen molar-refractivity contribution < 1.29 is 9.53 Å². The molecule has 122 valence electrons. The average molecular weight is 322 g/mol. The molecule has 1 heterocycles. The summed E-state index contributed by atoms with van der Waals surface area (Å²) in [4.78, 5) is 13.8. The van der Waals surface area contributed by atoms with Crippen LogP contribution in [0.1, 0.15) is 21.5 Å². The highest BCUT2D eigenvalue weighted by Gasteiger charge is 2.13. The second kappa shape index (κ2) is 6.62. The van der Waals surface area contributed by atoms with Crippen LogP contribution in [0, 0.1) is 13.8 Å². The van der Waals surface area contributed by atoms with E-state index in [1.807, 2.05) is 56.3 Å². The largest absolute Gasteiger partial charge is 0.497 e. The normalized spacial score (nSPS) is 10.6. The molecule has 0 aliphatic rings. The van der Waals surface area contributed by atoms with E-state index in [1.165, 1.54) is 4.80 Å². The molecule has 0 amide bonds. The third-order valence-corrected chi connectivity index (χ3v) is 3.75. The number of benzene rings is 2. The number of hydrogen-bond donors (Lipinski definition) is 0. The van der Waals surface area contributed by atoms with Crippen LogP contribution in [0.15, 0.2) is 42.5 Å². The number of Topliss-reactive ketones (excluding diaryl/α,β-unsaturated/α-hetero) is 1. The van der Waals surface area contributed by atoms with Gasteiger partial charge in [0.2, 0.25) is 5.82 Å². The number of ketones is 1. The van der Waals surface area contributed by atoms with Crippen molar-refractivity contribution in [1.29, 1.82) is 0 Å². The van der Waals surface area contributed by atoms with Crippen molar-refractivity contribution in [3.05, 3.63) is 59.2 Å². The molecule has 3 aromatic rings. The third-order valence-electron chi connectivity index (χ3n) is 3.75. The van der Waals surface area contributed by atoms with Gasteiger partial charge in [0.05, 0.1) is 7.11 Å². The number of nitrogens with zero attached hydrogens (tertiary/aromatic N) is 4. The minimum Gasteiger partial charge on any atom is -0.497 e. The van der Waals surface area contributed by atoms with Crippen LogP contribution in [0.2, 0.25) is 0 Å². The van der Waals surface area contributed by atoms with Crippen molar-refractivity contribution in [3.8, 4) is 17.1 Å². The van der Waals surface area contributed by atoms with Crippen LogP contribution in [0.4, 0.5) is 0 Å². The summed E-state index contributed by atoms with van der Waals surface area (Å²) in [6.45, 7) is 3.98. The van der Waals surface area contributed by atoms with Gasteiger partial charge in [-0.1, -0.05) is 35.9 Å². The maximum absolute atomic E-state index is 12.4. The van der Waals surface area contributed by atoms with Crippen LogP contribution in [0.25, 0.3) is 11.4 Å². The van der Waals surface area contributed by atoms with Gasteiger partial charge >= 0.3 is 0 Å². The highest BCUT2D eigenvalue weighted by molar-refractivity contribution is 5.97. The standard InChI is InChI=1S/C18H18N4O2/c1-12-7-8-16(13(2)9-12)17(23)11-22-20-18(19-21-22)14-5-4-6-15(10-14)24-3/h4-10H,11H2,1-3H3. The summed E-state index contributed by atoms with van der Waals surface area (Å²) in [5.74, 6) is 1.14. The maximum atomic E-state index is 12.4. The predicted molar refractivity (Wildman–Crippen MR) is 90.1 cm³/mol. The lowest BCUT2D eigenvalue weighted by molar-refractivity contribution is 0.0961. The molecule has 0 aliphatic carbocycles. The molecular formula is C18H18N4O2. The Labute approximate surface area is 140 Å². The van der Waals surface area contributed by atoms with Gasteiger partial charge < -0.3 is 4.74 Å². The molecule has 0 radical (unpaired) electrons. The molecule has 0 saturated carbocycles. The van der Waals surface area contributed by atoms with E-state index in [4.69, 9.17) is 4.74 Å². The van der Waals surface area contributed by atoms with Gasteiger partial charge in [-0.15, -0.1) is 10.2 Å². The van der Waals surface area contributed by atoms with Gasteiger partial charge in [0.15, 0.2) is 5.78 Å². The third kappa shape index (κ3) is 3.32. The number of carbonyl (C=O) groups excluding carboxylic acids is 1. The number of tetrazole rings is 1. The zero-order valence-electron chi connectivity index (χ0n) is 13.9. The number of methoxy groups -OCH3 is 1. The van der Waals surface area contributed by atoms with Crippen molar-refractivity contribution in [2.45, 2.75) is 20.4 Å². The van der Waals surface area contributed by atoms with E-state index in [9.17, 15) is 4.79 Å². The number of carbonyl (C=O) groups is 1. The molecule has 2 aromatic carbocycles. The van der Waals surface area contributed by atoms with E-state index in [2.05, 4.69) is 15.4 Å². The van der Waals surface area contributed by atoms with Gasteiger partial charge in [-0.2, -0.15) is 4.80 Å². The number of hydrogen-bond acceptors (Lipinski definition) is 5. The molecule has 6 heteroatoms. The van der Waals surface area contributed by atoms with Crippen molar-refractivity contribution in [2.24, 2.45) is 0 Å². The Bertz CT molecular complexity index is 886. The number of ether oxygens (including phenoxy) is 1. The van der Waals surface area contributed by atoms with Crippen LogP contribution < -0.4 is 4.74 Å². The fourth-order valence-corrected chi connectivity index (χ4v) is 2.53. The van der Waals surface area contributed by atoms with E-state index in [0.29, 0.717) is 11.4 Å². The first kappa shape index (κ1) is 15.9. The summed E-state index contributed by atoms with van der Waals surface area (Å²) in [6, 6.07) is 13.2. The van der Waals surface area contributed by atoms with Crippen LogP contribution in [-0.2, 0) is 6.54 Å². The van der Waals surface area contributed by atoms with E-state index >= 15 is 0 Å². The maximum Gasteiger partial charge on any atom is 0.205 e. The van der Waals surface area contributed by atoms with Crippen LogP contribution >= 0.6 is 0 Å². The first-order valence-corrected chi connectivity index (χ1v) is 7.59. The molecule has 3 rings (SSSR count). The molecule has 0 saturated heterocycles. The summed E-state index contributed by atoms with van der Waals surface area (Å²) in [5.41, 5.74) is 3.55. The molecule has 0 fully saturated rings. The van der Waals surface area contributed by atoms with E-state index < -0.39 is 0 Å². The van der Waals surface area contributed by atoms with Gasteiger partial charge in [-0.25, -0.2) is 0 Å². The lowest BCUT2D eigenvalue weighted by Crippen LogP contribution is -2.14. The van der Waals surface area contributed by atoms with Crippen molar-refractivity contribution in [2.75, 3.05) is 7.11 Å². The lowest BCUT2D eigenvalue weighted by atomic mass is 10.0. The monoisotopic (exact) mass is 322 g/mol. The van der Waals surface area contributed by atoms with Crippen molar-refractivity contribution in [3.63, 3.8) is 0 Å². The first-order valence-electron chi connectivity index (χ1n) is 7.59. The zero-order valence-corrected chi connectivity index (χ0v) is 13.9. The van der Waals surface area contributed by atoms with E-state index in [-0.39, 0.29) is 12.3 Å². The van der Waals surface area contributed by atoms with E-state index in [0.717, 1.165) is 22.4 Å². The molecule has 24 heavy (non-hydrogen) atoms. The van der Waals surface area contributed by atoms with Crippen LogP contribution in [-0.4, -0.2) is 33.1 Å². The SMILES string of the molecule is COc1cccc(-c2nnn(CC(=O)c3ccc(C)cc3C)n2)c1. The number of aryl methyl sites for hydroxylation is 2. The highest BCUT2D eigenvalue weighted by atomic mass is 16.5. The Morgan fingerprint density at radius 3 is 2.75 bits per heavy atom. The summed E-state index contributed by atoms with van der Waals surface area (Å²) in [5, 5.41) is 12.3. The number of rotatable bonds is 5. The fourth-order valence-electron chi connectivity index (χ4n) is 2.53. The van der Waals surface area contributed by atoms with Gasteiger partial charge in [0.1, 0.15) is 12.3 Å². The Hall–Kier alpha value is -3.02. The molecule has 0 atom stereocenters. The van der Waals surface area contributed by atoms with Gasteiger partial charge in [0.25, 0.3) is 0 Å². The minimum absolute atomic E-state index is 0.0397. The fraction of sp³-hybridized carbons (Fsp3) is 0.222. The highest BCUT2D eigenvalue weighted by Crippen LogP contribution is 2.20. The smallest absolute Gasteiger partial charge is 0.205 e. The van der Waals surface area contributed by atoms with Gasteiger partial charge in [-0.3, -0.25) is 4.79 Å². The quantitative estimate of drug-likeness (QED) is 0.676. The Morgan fingerprint density at radius 2 is 2.00 bits per heavy atom. The molecule has 0 bridgehead atoms. The lowest BCUT2D eigenvalue weighted by Gasteiger charge is -2.05. The summed E-state index contributed by atoms with van der Waals surface area (Å²) in [6.07, 6.45) is 0. The predicted octanol–water partition coefficient (Wildman–Crippen LogP) is 2.85. The summed E-state index contributed by atoms with van der Waals surface area (Å²) < 4.78 is 5.19. The van der Waals surface area contributed by atoms with Crippen molar-refractivity contribution in [1.82, 2.24) is 20.2 Å². The molecule has 0 spiro atoms. The molecule has 0 aliphatic heterocycles. The van der Waals surface area contributed by atoms with E-state index in [1.54, 1.807) is 7.11 Å². The minimum atomic E-state index is -0.0397. The topological polar surface area (TPSA) is 69.9 Å². The molecule has 0 N–H and O–H groups in total. The molecule has 0 unspecified atom stereocenters. The summed E-state index contributed by atoms with van der Waals surface area (Å²) in [7, 11) is 1.60. The first-order chi connectivity index (χ1) is 11.6. The second-order valence-electron chi connectivity index (χ2n) is 5.62. The van der Waals surface area contributed by atoms with Crippen LogP contribution in [0.3, 0.4) is 0 Å².